The summed E-state index contributed by atoms with van der Waals surface area (Å²) < 4.78 is 32.7. The second-order valence-electron chi connectivity index (χ2n) is 5.99. The number of sulfonamides is 1. The summed E-state index contributed by atoms with van der Waals surface area (Å²) in [5.41, 5.74) is 2.49. The molecule has 1 aliphatic heterocycles. The number of aryl methyl sites for hydroxylation is 2. The predicted molar refractivity (Wildman–Crippen MR) is 85.5 cm³/mol. The molecule has 0 bridgehead atoms. The van der Waals surface area contributed by atoms with E-state index in [9.17, 15) is 8.42 Å². The van der Waals surface area contributed by atoms with E-state index in [1.54, 1.807) is 6.07 Å². The van der Waals surface area contributed by atoms with Gasteiger partial charge in [-0.25, -0.2) is 13.1 Å². The van der Waals surface area contributed by atoms with Crippen molar-refractivity contribution in [3.8, 4) is 0 Å². The van der Waals surface area contributed by atoms with E-state index in [2.05, 4.69) is 9.62 Å². The topological polar surface area (TPSA) is 58.6 Å². The Morgan fingerprint density at radius 1 is 1.14 bits per heavy atom. The normalized spacial score (nSPS) is 19.3. The molecule has 0 radical (unpaired) electrons. The maximum absolute atomic E-state index is 12.3. The standard InChI is InChI=1S/C16H24N2O3S/c19-22(20,16-6-5-14-3-1-4-15(14)13-16)17-7-2-8-18-9-11-21-12-10-18/h5-6,13,17H,1-4,7-12H2. The van der Waals surface area contributed by atoms with E-state index in [0.29, 0.717) is 11.4 Å². The van der Waals surface area contributed by atoms with Crippen molar-refractivity contribution in [1.29, 1.82) is 0 Å². The van der Waals surface area contributed by atoms with Gasteiger partial charge in [0.05, 0.1) is 18.1 Å². The second kappa shape index (κ2) is 7.08. The van der Waals surface area contributed by atoms with Gasteiger partial charge in [-0.1, -0.05) is 6.07 Å². The second-order valence-corrected chi connectivity index (χ2v) is 7.76. The average molecular weight is 324 g/mol. The van der Waals surface area contributed by atoms with E-state index in [1.807, 2.05) is 12.1 Å². The molecule has 0 saturated carbocycles. The third kappa shape index (κ3) is 3.87. The van der Waals surface area contributed by atoms with Crippen LogP contribution < -0.4 is 4.72 Å². The van der Waals surface area contributed by atoms with Gasteiger partial charge in [0.25, 0.3) is 0 Å². The SMILES string of the molecule is O=S(=O)(NCCCN1CCOCC1)c1ccc2c(c1)CCC2. The Bertz CT molecular complexity index is 610. The zero-order valence-corrected chi connectivity index (χ0v) is 13.7. The van der Waals surface area contributed by atoms with Crippen LogP contribution >= 0.6 is 0 Å². The summed E-state index contributed by atoms with van der Waals surface area (Å²) in [7, 11) is -3.38. The maximum atomic E-state index is 12.3. The fraction of sp³-hybridized carbons (Fsp3) is 0.625. The first-order chi connectivity index (χ1) is 10.6. The number of hydrogen-bond acceptors (Lipinski definition) is 4. The van der Waals surface area contributed by atoms with Crippen LogP contribution in [0.15, 0.2) is 23.1 Å². The molecule has 1 fully saturated rings. The Balaban J connectivity index is 1.50. The number of nitrogens with one attached hydrogen (secondary N) is 1. The average Bonchev–Trinajstić information content (AvgIpc) is 3.00. The number of fused-ring (bicyclic) bond motifs is 1. The highest BCUT2D eigenvalue weighted by atomic mass is 32.2. The van der Waals surface area contributed by atoms with Crippen LogP contribution in [0.1, 0.15) is 24.0 Å². The van der Waals surface area contributed by atoms with Crippen LogP contribution in [0, 0.1) is 0 Å². The van der Waals surface area contributed by atoms with Crippen LogP contribution in [0.5, 0.6) is 0 Å². The Kier molecular flexibility index (Phi) is 5.13. The zero-order chi connectivity index (χ0) is 15.4. The van der Waals surface area contributed by atoms with Crippen molar-refractivity contribution >= 4 is 10.0 Å². The van der Waals surface area contributed by atoms with Crippen molar-refractivity contribution in [3.05, 3.63) is 29.3 Å². The number of nitrogens with zero attached hydrogens (tertiary/aromatic N) is 1. The molecule has 0 unspecified atom stereocenters. The molecule has 0 amide bonds. The molecule has 1 N–H and O–H groups in total. The fourth-order valence-corrected chi connectivity index (χ4v) is 4.26. The summed E-state index contributed by atoms with van der Waals surface area (Å²) in [6.45, 7) is 4.84. The largest absolute Gasteiger partial charge is 0.379 e. The third-order valence-electron chi connectivity index (χ3n) is 4.43. The number of rotatable bonds is 6. The summed E-state index contributed by atoms with van der Waals surface area (Å²) in [5.74, 6) is 0. The van der Waals surface area contributed by atoms with Gasteiger partial charge in [0.1, 0.15) is 0 Å². The number of benzene rings is 1. The van der Waals surface area contributed by atoms with Gasteiger partial charge >= 0.3 is 0 Å². The molecular weight excluding hydrogens is 300 g/mol. The van der Waals surface area contributed by atoms with Crippen LogP contribution in [0.2, 0.25) is 0 Å². The molecule has 5 nitrogen and oxygen atoms in total. The Labute approximate surface area is 132 Å². The molecule has 2 aliphatic rings. The lowest BCUT2D eigenvalue weighted by atomic mass is 10.1. The Morgan fingerprint density at radius 2 is 1.91 bits per heavy atom. The summed E-state index contributed by atoms with van der Waals surface area (Å²) in [5, 5.41) is 0. The van der Waals surface area contributed by atoms with E-state index in [0.717, 1.165) is 58.5 Å². The molecular formula is C16H24N2O3S. The summed E-state index contributed by atoms with van der Waals surface area (Å²) in [6.07, 6.45) is 4.02. The van der Waals surface area contributed by atoms with Gasteiger partial charge in [-0.05, 0) is 55.5 Å². The molecule has 3 rings (SSSR count). The minimum Gasteiger partial charge on any atom is -0.379 e. The molecule has 1 saturated heterocycles. The highest BCUT2D eigenvalue weighted by Gasteiger charge is 2.18. The molecule has 122 valence electrons. The molecule has 0 atom stereocenters. The molecule has 1 aromatic rings. The summed E-state index contributed by atoms with van der Waals surface area (Å²) in [4.78, 5) is 2.72. The third-order valence-corrected chi connectivity index (χ3v) is 5.89. The quantitative estimate of drug-likeness (QED) is 0.798. The summed E-state index contributed by atoms with van der Waals surface area (Å²) >= 11 is 0. The van der Waals surface area contributed by atoms with Crippen molar-refractivity contribution in [3.63, 3.8) is 0 Å². The van der Waals surface area contributed by atoms with Crippen molar-refractivity contribution < 1.29 is 13.2 Å². The van der Waals surface area contributed by atoms with Crippen molar-refractivity contribution in [2.45, 2.75) is 30.6 Å². The van der Waals surface area contributed by atoms with E-state index >= 15 is 0 Å². The van der Waals surface area contributed by atoms with Crippen molar-refractivity contribution in [2.24, 2.45) is 0 Å². The molecule has 1 aromatic carbocycles. The van der Waals surface area contributed by atoms with Gasteiger partial charge in [0.15, 0.2) is 0 Å². The van der Waals surface area contributed by atoms with Crippen molar-refractivity contribution in [2.75, 3.05) is 39.4 Å². The lowest BCUT2D eigenvalue weighted by Gasteiger charge is -2.26. The number of morpholine rings is 1. The van der Waals surface area contributed by atoms with Crippen LogP contribution in [-0.4, -0.2) is 52.7 Å². The smallest absolute Gasteiger partial charge is 0.240 e. The zero-order valence-electron chi connectivity index (χ0n) is 12.9. The number of hydrogen-bond donors (Lipinski definition) is 1. The van der Waals surface area contributed by atoms with E-state index in [-0.39, 0.29) is 0 Å². The monoisotopic (exact) mass is 324 g/mol. The van der Waals surface area contributed by atoms with Gasteiger partial charge in [-0.2, -0.15) is 0 Å². The van der Waals surface area contributed by atoms with Crippen molar-refractivity contribution in [1.82, 2.24) is 9.62 Å². The first kappa shape index (κ1) is 15.9. The first-order valence-corrected chi connectivity index (χ1v) is 9.55. The molecule has 1 heterocycles. The molecule has 0 aromatic heterocycles. The molecule has 0 spiro atoms. The van der Waals surface area contributed by atoms with E-state index in [1.165, 1.54) is 11.1 Å². The molecule has 1 aliphatic carbocycles. The minimum absolute atomic E-state index is 0.402. The Morgan fingerprint density at radius 3 is 2.73 bits per heavy atom. The molecule has 22 heavy (non-hydrogen) atoms. The number of ether oxygens (including phenoxy) is 1. The van der Waals surface area contributed by atoms with Gasteiger partial charge in [-0.15, -0.1) is 0 Å². The van der Waals surface area contributed by atoms with Gasteiger partial charge < -0.3 is 4.74 Å². The summed E-state index contributed by atoms with van der Waals surface area (Å²) in [6, 6.07) is 5.53. The highest BCUT2D eigenvalue weighted by molar-refractivity contribution is 7.89. The Hall–Kier alpha value is -0.950. The predicted octanol–water partition coefficient (Wildman–Crippen LogP) is 1.18. The van der Waals surface area contributed by atoms with Crippen LogP contribution in [0.3, 0.4) is 0 Å². The van der Waals surface area contributed by atoms with Gasteiger partial charge in [0.2, 0.25) is 10.0 Å². The highest BCUT2D eigenvalue weighted by Crippen LogP contribution is 2.24. The fourth-order valence-electron chi connectivity index (χ4n) is 3.13. The van der Waals surface area contributed by atoms with Crippen LogP contribution in [-0.2, 0) is 27.6 Å². The molecule has 6 heteroatoms. The maximum Gasteiger partial charge on any atom is 0.240 e. The van der Waals surface area contributed by atoms with E-state index < -0.39 is 10.0 Å². The van der Waals surface area contributed by atoms with Crippen LogP contribution in [0.4, 0.5) is 0 Å². The first-order valence-electron chi connectivity index (χ1n) is 8.07. The minimum atomic E-state index is -3.38. The lowest BCUT2D eigenvalue weighted by molar-refractivity contribution is 0.0376. The van der Waals surface area contributed by atoms with E-state index in [4.69, 9.17) is 4.74 Å². The van der Waals surface area contributed by atoms with Gasteiger partial charge in [-0.3, -0.25) is 4.90 Å². The van der Waals surface area contributed by atoms with Gasteiger partial charge in [0, 0.05) is 19.6 Å². The lowest BCUT2D eigenvalue weighted by Crippen LogP contribution is -2.38. The van der Waals surface area contributed by atoms with Crippen LogP contribution in [0.25, 0.3) is 0 Å².